The van der Waals surface area contributed by atoms with Gasteiger partial charge in [-0.05, 0) is 52.5 Å². The third-order valence-corrected chi connectivity index (χ3v) is 7.00. The molecule has 2 aromatic rings. The van der Waals surface area contributed by atoms with E-state index in [4.69, 9.17) is 0 Å². The van der Waals surface area contributed by atoms with E-state index < -0.39 is 15.8 Å². The topological polar surface area (TPSA) is 37.4 Å². The molecular formula is C13H13BrFNO2S2. The van der Waals surface area contributed by atoms with Crippen LogP contribution in [0.3, 0.4) is 0 Å². The number of benzene rings is 1. The van der Waals surface area contributed by atoms with Gasteiger partial charge < -0.3 is 0 Å². The summed E-state index contributed by atoms with van der Waals surface area (Å²) in [4.78, 5) is 1.01. The first-order valence-corrected chi connectivity index (χ1v) is 8.92. The van der Waals surface area contributed by atoms with Crippen molar-refractivity contribution in [1.29, 1.82) is 0 Å². The normalized spacial score (nSPS) is 13.7. The number of hydrogen-bond acceptors (Lipinski definition) is 3. The highest BCUT2D eigenvalue weighted by Gasteiger charge is 2.28. The molecule has 1 unspecified atom stereocenters. The lowest BCUT2D eigenvalue weighted by Gasteiger charge is -2.24. The van der Waals surface area contributed by atoms with Gasteiger partial charge in [0.15, 0.2) is 0 Å². The van der Waals surface area contributed by atoms with E-state index >= 15 is 0 Å². The SMILES string of the molecule is CC(c1cccs1)N(C)S(=O)(=O)c1ccc(F)cc1Br. The van der Waals surface area contributed by atoms with E-state index in [0.29, 0.717) is 0 Å². The van der Waals surface area contributed by atoms with Gasteiger partial charge in [0, 0.05) is 16.4 Å². The molecule has 7 heteroatoms. The van der Waals surface area contributed by atoms with Crippen LogP contribution in [0.4, 0.5) is 4.39 Å². The van der Waals surface area contributed by atoms with Gasteiger partial charge in [0.25, 0.3) is 0 Å². The van der Waals surface area contributed by atoms with Gasteiger partial charge in [-0.15, -0.1) is 11.3 Å². The minimum absolute atomic E-state index is 0.0600. The molecule has 0 radical (unpaired) electrons. The second kappa shape index (κ2) is 5.93. The van der Waals surface area contributed by atoms with E-state index in [1.165, 1.54) is 28.8 Å². The van der Waals surface area contributed by atoms with Gasteiger partial charge in [0.05, 0.1) is 10.9 Å². The molecule has 0 aliphatic rings. The van der Waals surface area contributed by atoms with Gasteiger partial charge in [-0.2, -0.15) is 4.31 Å². The second-order valence-electron chi connectivity index (χ2n) is 4.29. The number of sulfonamides is 1. The zero-order valence-electron chi connectivity index (χ0n) is 10.9. The lowest BCUT2D eigenvalue weighted by molar-refractivity contribution is 0.402. The van der Waals surface area contributed by atoms with Crippen LogP contribution in [0.25, 0.3) is 0 Å². The Morgan fingerprint density at radius 3 is 2.60 bits per heavy atom. The van der Waals surface area contributed by atoms with E-state index in [1.807, 2.05) is 24.4 Å². The van der Waals surface area contributed by atoms with Crippen molar-refractivity contribution < 1.29 is 12.8 Å². The minimum atomic E-state index is -3.69. The monoisotopic (exact) mass is 377 g/mol. The number of nitrogens with zero attached hydrogens (tertiary/aromatic N) is 1. The van der Waals surface area contributed by atoms with Crippen LogP contribution in [0.1, 0.15) is 17.8 Å². The van der Waals surface area contributed by atoms with Gasteiger partial charge in [-0.1, -0.05) is 6.07 Å². The average molecular weight is 378 g/mol. The molecule has 1 aromatic heterocycles. The molecule has 2 rings (SSSR count). The Hall–Kier alpha value is -0.760. The molecule has 0 saturated carbocycles. The summed E-state index contributed by atoms with van der Waals surface area (Å²) in [5.74, 6) is -0.482. The molecule has 0 amide bonds. The maximum absolute atomic E-state index is 13.1. The summed E-state index contributed by atoms with van der Waals surface area (Å²) in [6.07, 6.45) is 0. The Labute approximate surface area is 130 Å². The number of rotatable bonds is 4. The summed E-state index contributed by atoms with van der Waals surface area (Å²) in [5, 5.41) is 1.90. The number of halogens is 2. The minimum Gasteiger partial charge on any atom is -0.207 e. The lowest BCUT2D eigenvalue weighted by atomic mass is 10.3. The predicted octanol–water partition coefficient (Wildman–Crippen LogP) is 4.03. The number of thiophene rings is 1. The molecule has 0 fully saturated rings. The molecule has 0 aliphatic heterocycles. The van der Waals surface area contributed by atoms with Gasteiger partial charge in [-0.3, -0.25) is 0 Å². The fourth-order valence-electron chi connectivity index (χ4n) is 1.76. The zero-order chi connectivity index (χ0) is 14.9. The van der Waals surface area contributed by atoms with Gasteiger partial charge in [0.1, 0.15) is 5.82 Å². The molecule has 0 N–H and O–H groups in total. The van der Waals surface area contributed by atoms with Crippen molar-refractivity contribution >= 4 is 37.3 Å². The van der Waals surface area contributed by atoms with Crippen molar-refractivity contribution in [3.63, 3.8) is 0 Å². The van der Waals surface area contributed by atoms with Crippen molar-refractivity contribution in [1.82, 2.24) is 4.31 Å². The largest absolute Gasteiger partial charge is 0.244 e. The quantitative estimate of drug-likeness (QED) is 0.806. The van der Waals surface area contributed by atoms with Crippen LogP contribution in [0.2, 0.25) is 0 Å². The van der Waals surface area contributed by atoms with Crippen LogP contribution in [-0.4, -0.2) is 19.8 Å². The van der Waals surface area contributed by atoms with Crippen molar-refractivity contribution in [3.05, 3.63) is 50.9 Å². The van der Waals surface area contributed by atoms with Gasteiger partial charge in [0.2, 0.25) is 10.0 Å². The van der Waals surface area contributed by atoms with E-state index in [2.05, 4.69) is 15.9 Å². The first-order chi connectivity index (χ1) is 9.34. The van der Waals surface area contributed by atoms with E-state index in [9.17, 15) is 12.8 Å². The Balaban J connectivity index is 2.39. The third kappa shape index (κ3) is 2.95. The Morgan fingerprint density at radius 2 is 2.05 bits per heavy atom. The maximum atomic E-state index is 13.1. The molecule has 0 spiro atoms. The van der Waals surface area contributed by atoms with Crippen LogP contribution in [0, 0.1) is 5.82 Å². The highest BCUT2D eigenvalue weighted by molar-refractivity contribution is 9.10. The molecule has 0 aliphatic carbocycles. The summed E-state index contributed by atoms with van der Waals surface area (Å²) < 4.78 is 39.8. The Morgan fingerprint density at radius 1 is 1.35 bits per heavy atom. The molecule has 20 heavy (non-hydrogen) atoms. The summed E-state index contributed by atoms with van der Waals surface area (Å²) in [6, 6.07) is 7.05. The summed E-state index contributed by atoms with van der Waals surface area (Å²) in [7, 11) is -2.16. The maximum Gasteiger partial charge on any atom is 0.244 e. The predicted molar refractivity (Wildman–Crippen MR) is 81.8 cm³/mol. The van der Waals surface area contributed by atoms with Crippen LogP contribution in [0.15, 0.2) is 45.1 Å². The summed E-state index contributed by atoms with van der Waals surface area (Å²) in [5.41, 5.74) is 0. The van der Waals surface area contributed by atoms with Crippen LogP contribution >= 0.6 is 27.3 Å². The fourth-order valence-corrected chi connectivity index (χ4v) is 5.00. The molecular weight excluding hydrogens is 365 g/mol. The Bertz CT molecular complexity index is 701. The van der Waals surface area contributed by atoms with Crippen molar-refractivity contribution in [2.24, 2.45) is 0 Å². The molecule has 1 heterocycles. The molecule has 1 aromatic carbocycles. The van der Waals surface area contributed by atoms with E-state index in [0.717, 1.165) is 17.0 Å². The fraction of sp³-hybridized carbons (Fsp3) is 0.231. The number of hydrogen-bond donors (Lipinski definition) is 0. The first-order valence-electron chi connectivity index (χ1n) is 5.80. The van der Waals surface area contributed by atoms with Gasteiger partial charge in [-0.25, -0.2) is 12.8 Å². The van der Waals surface area contributed by atoms with Crippen molar-refractivity contribution in [2.75, 3.05) is 7.05 Å². The van der Waals surface area contributed by atoms with Crippen LogP contribution < -0.4 is 0 Å². The van der Waals surface area contributed by atoms with E-state index in [1.54, 1.807) is 0 Å². The van der Waals surface area contributed by atoms with Crippen LogP contribution in [0.5, 0.6) is 0 Å². The smallest absolute Gasteiger partial charge is 0.207 e. The zero-order valence-corrected chi connectivity index (χ0v) is 14.1. The molecule has 0 saturated heterocycles. The molecule has 108 valence electrons. The van der Waals surface area contributed by atoms with Crippen LogP contribution in [-0.2, 0) is 10.0 Å². The average Bonchev–Trinajstić information content (AvgIpc) is 2.90. The highest BCUT2D eigenvalue weighted by atomic mass is 79.9. The second-order valence-corrected chi connectivity index (χ2v) is 8.09. The summed E-state index contributed by atoms with van der Waals surface area (Å²) >= 11 is 4.61. The first kappa shape index (κ1) is 15.6. The molecule has 3 nitrogen and oxygen atoms in total. The highest BCUT2D eigenvalue weighted by Crippen LogP contribution is 2.31. The van der Waals surface area contributed by atoms with Gasteiger partial charge >= 0.3 is 0 Å². The molecule has 1 atom stereocenters. The standard InChI is InChI=1S/C13H13BrFNO2S2/c1-9(12-4-3-7-19-12)16(2)20(17,18)13-6-5-10(15)8-11(13)14/h3-9H,1-2H3. The molecule has 0 bridgehead atoms. The van der Waals surface area contributed by atoms with Crippen molar-refractivity contribution in [2.45, 2.75) is 17.9 Å². The van der Waals surface area contributed by atoms with E-state index in [-0.39, 0.29) is 15.4 Å². The Kier molecular flexibility index (Phi) is 4.63. The van der Waals surface area contributed by atoms with Crippen molar-refractivity contribution in [3.8, 4) is 0 Å². The third-order valence-electron chi connectivity index (χ3n) is 3.05. The summed E-state index contributed by atoms with van der Waals surface area (Å²) in [6.45, 7) is 1.82. The lowest BCUT2D eigenvalue weighted by Crippen LogP contribution is -2.29.